The van der Waals surface area contributed by atoms with E-state index < -0.39 is 0 Å². The molecular formula is C45H56N6. The molecule has 6 rings (SSSR count). The zero-order valence-corrected chi connectivity index (χ0v) is 31.1. The number of hydrogen-bond acceptors (Lipinski definition) is 6. The van der Waals surface area contributed by atoms with E-state index in [1.165, 1.54) is 94.4 Å². The quantitative estimate of drug-likeness (QED) is 0.0673. The summed E-state index contributed by atoms with van der Waals surface area (Å²) in [6, 6.07) is 31.3. The molecule has 1 heterocycles. The van der Waals surface area contributed by atoms with Crippen LogP contribution in [0.4, 0.5) is 34.1 Å². The molecule has 5 aromatic carbocycles. The summed E-state index contributed by atoms with van der Waals surface area (Å²) in [4.78, 5) is 0. The second kappa shape index (κ2) is 18.1. The number of azo groups is 2. The summed E-state index contributed by atoms with van der Waals surface area (Å²) < 4.78 is 0. The summed E-state index contributed by atoms with van der Waals surface area (Å²) in [5, 5.41) is 30.7. The zero-order chi connectivity index (χ0) is 35.3. The summed E-state index contributed by atoms with van der Waals surface area (Å²) in [5.74, 6) is 0. The van der Waals surface area contributed by atoms with Crippen LogP contribution in [0.15, 0.2) is 111 Å². The lowest BCUT2D eigenvalue weighted by molar-refractivity contribution is 0.478. The van der Waals surface area contributed by atoms with Gasteiger partial charge in [0.1, 0.15) is 5.66 Å². The van der Waals surface area contributed by atoms with Crippen molar-refractivity contribution in [3.63, 3.8) is 0 Å². The molecule has 1 aliphatic rings. The Balaban J connectivity index is 1.10. The molecule has 0 fully saturated rings. The summed E-state index contributed by atoms with van der Waals surface area (Å²) in [6.45, 7) is 6.80. The van der Waals surface area contributed by atoms with Crippen molar-refractivity contribution in [3.05, 3.63) is 96.6 Å². The summed E-state index contributed by atoms with van der Waals surface area (Å²) >= 11 is 0. The van der Waals surface area contributed by atoms with Crippen molar-refractivity contribution in [1.82, 2.24) is 0 Å². The van der Waals surface area contributed by atoms with Crippen LogP contribution in [0.5, 0.6) is 0 Å². The first kappa shape index (κ1) is 36.2. The van der Waals surface area contributed by atoms with Gasteiger partial charge < -0.3 is 10.6 Å². The fourth-order valence-corrected chi connectivity index (χ4v) is 7.35. The average Bonchev–Trinajstić information content (AvgIpc) is 3.15. The maximum Gasteiger partial charge on any atom is 0.105 e. The van der Waals surface area contributed by atoms with Gasteiger partial charge in [-0.3, -0.25) is 0 Å². The van der Waals surface area contributed by atoms with Crippen molar-refractivity contribution in [1.29, 1.82) is 0 Å². The third kappa shape index (κ3) is 9.61. The lowest BCUT2D eigenvalue weighted by Crippen LogP contribution is -2.45. The van der Waals surface area contributed by atoms with Crippen molar-refractivity contribution in [2.45, 2.75) is 123 Å². The third-order valence-corrected chi connectivity index (χ3v) is 10.3. The Kier molecular flexibility index (Phi) is 12.8. The molecule has 0 aliphatic carbocycles. The van der Waals surface area contributed by atoms with Gasteiger partial charge in [-0.25, -0.2) is 0 Å². The highest BCUT2D eigenvalue weighted by Crippen LogP contribution is 2.43. The third-order valence-electron chi connectivity index (χ3n) is 10.3. The first-order valence-corrected chi connectivity index (χ1v) is 19.6. The number of anilines is 2. The highest BCUT2D eigenvalue weighted by atomic mass is 15.2. The average molecular weight is 681 g/mol. The molecule has 6 nitrogen and oxygen atoms in total. The fraction of sp³-hybridized carbons (Fsp3) is 0.422. The minimum absolute atomic E-state index is 0.181. The summed E-state index contributed by atoms with van der Waals surface area (Å²) in [7, 11) is 0. The van der Waals surface area contributed by atoms with Crippen LogP contribution in [-0.4, -0.2) is 5.66 Å². The molecule has 266 valence electrons. The van der Waals surface area contributed by atoms with Crippen LogP contribution in [0.1, 0.15) is 116 Å². The fourth-order valence-electron chi connectivity index (χ4n) is 7.35. The standard InChI is InChI=1S/C45H56N6/c1-4-6-8-9-10-11-12-13-14-15-18-33-45(3)46-42-24-19-23-38-41(31-32-43(47-45)44(38)42)51-50-40-30-29-39(36-21-16-17-22-37(36)40)49-48-35-27-25-34(26-28-35)20-7-5-2/h16-17,19,21-32,46-47H,4-15,18,20,33H2,1-3H3. The SMILES string of the molecule is CCCCCCCCCCCCCC1(C)Nc2cccc3c(N=Nc4ccc(N=Nc5ccc(CCCC)cc5)c5ccccc45)ccc(c23)N1. The van der Waals surface area contributed by atoms with Crippen LogP contribution in [0, 0.1) is 0 Å². The van der Waals surface area contributed by atoms with Crippen molar-refractivity contribution in [3.8, 4) is 0 Å². The monoisotopic (exact) mass is 680 g/mol. The molecule has 1 aliphatic heterocycles. The van der Waals surface area contributed by atoms with E-state index in [2.05, 4.69) is 96.2 Å². The van der Waals surface area contributed by atoms with Gasteiger partial charge in [0.15, 0.2) is 0 Å². The lowest BCUT2D eigenvalue weighted by Gasteiger charge is -2.39. The van der Waals surface area contributed by atoms with Crippen LogP contribution in [0.25, 0.3) is 21.5 Å². The van der Waals surface area contributed by atoms with E-state index >= 15 is 0 Å². The van der Waals surface area contributed by atoms with Gasteiger partial charge in [0, 0.05) is 32.9 Å². The number of hydrogen-bond donors (Lipinski definition) is 2. The Hall–Kier alpha value is -4.58. The molecule has 0 saturated heterocycles. The van der Waals surface area contributed by atoms with Gasteiger partial charge in [-0.1, -0.05) is 133 Å². The largest absolute Gasteiger partial charge is 0.363 e. The first-order chi connectivity index (χ1) is 25.1. The number of fused-ring (bicyclic) bond motifs is 1. The Morgan fingerprint density at radius 1 is 0.471 bits per heavy atom. The molecule has 0 radical (unpaired) electrons. The second-order valence-corrected chi connectivity index (χ2v) is 14.5. The molecule has 51 heavy (non-hydrogen) atoms. The highest BCUT2D eigenvalue weighted by molar-refractivity contribution is 6.09. The highest BCUT2D eigenvalue weighted by Gasteiger charge is 2.29. The number of aryl methyl sites for hydroxylation is 1. The minimum Gasteiger partial charge on any atom is -0.363 e. The second-order valence-electron chi connectivity index (χ2n) is 14.5. The van der Waals surface area contributed by atoms with Gasteiger partial charge in [-0.15, -0.1) is 15.3 Å². The molecule has 1 unspecified atom stereocenters. The molecule has 0 saturated carbocycles. The predicted molar refractivity (Wildman–Crippen MR) is 218 cm³/mol. The number of benzene rings is 5. The molecule has 6 heteroatoms. The molecular weight excluding hydrogens is 625 g/mol. The van der Waals surface area contributed by atoms with Crippen LogP contribution in [0.2, 0.25) is 0 Å². The van der Waals surface area contributed by atoms with E-state index in [0.29, 0.717) is 0 Å². The maximum absolute atomic E-state index is 4.81. The van der Waals surface area contributed by atoms with E-state index in [4.69, 9.17) is 10.2 Å². The van der Waals surface area contributed by atoms with Crippen molar-refractivity contribution in [2.75, 3.05) is 10.6 Å². The number of nitrogens with zero attached hydrogens (tertiary/aromatic N) is 4. The normalized spacial score (nSPS) is 15.6. The topological polar surface area (TPSA) is 73.5 Å². The Labute approximate surface area is 305 Å². The summed E-state index contributed by atoms with van der Waals surface area (Å²) in [6.07, 6.45) is 19.5. The smallest absolute Gasteiger partial charge is 0.105 e. The number of rotatable bonds is 19. The van der Waals surface area contributed by atoms with E-state index in [0.717, 1.165) is 63.1 Å². The first-order valence-electron chi connectivity index (χ1n) is 19.6. The van der Waals surface area contributed by atoms with Gasteiger partial charge in [-0.05, 0) is 80.6 Å². The Bertz CT molecular complexity index is 1910. The van der Waals surface area contributed by atoms with E-state index in [1.54, 1.807) is 0 Å². The molecule has 0 amide bonds. The molecule has 5 aromatic rings. The molecule has 0 spiro atoms. The lowest BCUT2D eigenvalue weighted by atomic mass is 9.95. The van der Waals surface area contributed by atoms with Crippen molar-refractivity contribution in [2.24, 2.45) is 20.5 Å². The predicted octanol–water partition coefficient (Wildman–Crippen LogP) is 15.4. The maximum atomic E-state index is 4.81. The molecule has 1 atom stereocenters. The molecule has 0 aromatic heterocycles. The van der Waals surface area contributed by atoms with Gasteiger partial charge in [0.2, 0.25) is 0 Å². The zero-order valence-electron chi connectivity index (χ0n) is 31.1. The molecule has 0 bridgehead atoms. The van der Waals surface area contributed by atoms with E-state index in [1.807, 2.05) is 36.4 Å². The van der Waals surface area contributed by atoms with Crippen LogP contribution < -0.4 is 10.6 Å². The van der Waals surface area contributed by atoms with Gasteiger partial charge >= 0.3 is 0 Å². The Morgan fingerprint density at radius 2 is 0.980 bits per heavy atom. The van der Waals surface area contributed by atoms with Gasteiger partial charge in [0.05, 0.1) is 22.7 Å². The van der Waals surface area contributed by atoms with Gasteiger partial charge in [0.25, 0.3) is 0 Å². The van der Waals surface area contributed by atoms with Gasteiger partial charge in [-0.2, -0.15) is 5.11 Å². The van der Waals surface area contributed by atoms with Crippen LogP contribution >= 0.6 is 0 Å². The van der Waals surface area contributed by atoms with E-state index in [-0.39, 0.29) is 5.66 Å². The minimum atomic E-state index is -0.181. The number of nitrogens with one attached hydrogen (secondary N) is 2. The summed E-state index contributed by atoms with van der Waals surface area (Å²) in [5.41, 5.74) is 6.79. The van der Waals surface area contributed by atoms with Crippen LogP contribution in [-0.2, 0) is 6.42 Å². The van der Waals surface area contributed by atoms with Crippen molar-refractivity contribution >= 4 is 55.7 Å². The number of unbranched alkanes of at least 4 members (excludes halogenated alkanes) is 11. The molecule has 2 N–H and O–H groups in total. The van der Waals surface area contributed by atoms with Crippen molar-refractivity contribution < 1.29 is 0 Å². The Morgan fingerprint density at radius 3 is 1.61 bits per heavy atom. The van der Waals surface area contributed by atoms with E-state index in [9.17, 15) is 0 Å². The van der Waals surface area contributed by atoms with Crippen LogP contribution in [0.3, 0.4) is 0 Å².